The van der Waals surface area contributed by atoms with Crippen LogP contribution in [0.3, 0.4) is 0 Å². The Morgan fingerprint density at radius 2 is 0.643 bits per heavy atom. The molecule has 0 fully saturated rings. The maximum absolute atomic E-state index is 6.81. The Kier molecular flexibility index (Phi) is 11.7. The topological polar surface area (TPSA) is 101 Å². The number of rotatable bonds is 5. The van der Waals surface area contributed by atoms with Crippen molar-refractivity contribution < 1.29 is 13.3 Å². The third-order valence-corrected chi connectivity index (χ3v) is 24.8. The summed E-state index contributed by atoms with van der Waals surface area (Å²) in [6.45, 7) is 4.68. The van der Waals surface area contributed by atoms with Gasteiger partial charge < -0.3 is 13.3 Å². The second kappa shape index (κ2) is 21.8. The summed E-state index contributed by atoms with van der Waals surface area (Å²) < 4.78 is 24.4. The molecule has 7 aromatic heterocycles. The smallest absolute Gasteiger partial charge is 0.238 e. The van der Waals surface area contributed by atoms with Crippen molar-refractivity contribution in [3.8, 4) is 56.7 Å². The highest BCUT2D eigenvalue weighted by Crippen LogP contribution is 2.55. The van der Waals surface area contributed by atoms with E-state index in [1.54, 1.807) is 0 Å². The van der Waals surface area contributed by atoms with Crippen molar-refractivity contribution in [1.82, 2.24) is 29.1 Å². The van der Waals surface area contributed by atoms with Crippen molar-refractivity contribution in [1.29, 1.82) is 0 Å². The number of hydrogen-bond donors (Lipinski definition) is 0. The molecule has 0 spiro atoms. The summed E-state index contributed by atoms with van der Waals surface area (Å²) in [7, 11) is 0. The molecule has 112 heavy (non-hydrogen) atoms. The molecule has 1 aliphatic rings. The average molecular weight is 1430 g/mol. The molecule has 0 amide bonds. The van der Waals surface area contributed by atoms with Gasteiger partial charge in [-0.2, -0.15) is 4.98 Å². The lowest BCUT2D eigenvalue weighted by atomic mass is 9.84. The molecule has 26 rings (SSSR count). The van der Waals surface area contributed by atoms with E-state index >= 15 is 0 Å². The van der Waals surface area contributed by atoms with Crippen molar-refractivity contribution in [2.24, 2.45) is 0 Å². The van der Waals surface area contributed by atoms with Crippen LogP contribution in [0.2, 0.25) is 0 Å². The Morgan fingerprint density at radius 1 is 0.250 bits per heavy atom. The van der Waals surface area contributed by atoms with Crippen LogP contribution in [0.5, 0.6) is 0 Å². The number of furan rings is 3. The second-order valence-electron chi connectivity index (χ2n) is 31.0. The minimum absolute atomic E-state index is 0.513. The molecular weight excluding hydrogens is 1370 g/mol. The van der Waals surface area contributed by atoms with Crippen LogP contribution in [-0.4, -0.2) is 29.1 Å². The fourth-order valence-electron chi connectivity index (χ4n) is 19.8. The quantitative estimate of drug-likeness (QED) is 0.158. The lowest BCUT2D eigenvalue weighted by Gasteiger charge is -2.21. The van der Waals surface area contributed by atoms with Crippen LogP contribution < -0.4 is 0 Å². The van der Waals surface area contributed by atoms with Gasteiger partial charge in [0, 0.05) is 81.4 Å². The van der Waals surface area contributed by atoms with Gasteiger partial charge >= 0.3 is 0 Å². The summed E-state index contributed by atoms with van der Waals surface area (Å²) in [5, 5.41) is 29.5. The summed E-state index contributed by atoms with van der Waals surface area (Å²) in [5.41, 5.74) is 18.2. The number of hydrogen-bond acceptors (Lipinski definition) is 7. The molecule has 0 saturated carbocycles. The molecule has 25 aromatic rings. The number of fused-ring (bicyclic) bond motifs is 34. The predicted octanol–water partition coefficient (Wildman–Crippen LogP) is 27.7. The van der Waals surface area contributed by atoms with E-state index in [1.165, 1.54) is 64.8 Å². The van der Waals surface area contributed by atoms with Crippen LogP contribution >= 0.6 is 0 Å². The third kappa shape index (κ3) is 8.09. The maximum atomic E-state index is 6.81. The molecule has 7 heterocycles. The fourth-order valence-corrected chi connectivity index (χ4v) is 19.8. The van der Waals surface area contributed by atoms with E-state index in [0.717, 1.165) is 181 Å². The molecule has 0 unspecified atom stereocenters. The average Bonchev–Trinajstić information content (AvgIpc) is 1.52. The largest absolute Gasteiger partial charge is 0.456 e. The first-order chi connectivity index (χ1) is 55.3. The highest BCUT2D eigenvalue weighted by atomic mass is 16.3. The summed E-state index contributed by atoms with van der Waals surface area (Å²) in [6, 6.07) is 115. The third-order valence-electron chi connectivity index (χ3n) is 24.8. The zero-order chi connectivity index (χ0) is 73.1. The van der Waals surface area contributed by atoms with Gasteiger partial charge in [0.05, 0.1) is 44.5 Å². The van der Waals surface area contributed by atoms with E-state index in [1.807, 2.05) is 30.3 Å². The van der Waals surface area contributed by atoms with E-state index in [9.17, 15) is 0 Å². The van der Waals surface area contributed by atoms with Crippen LogP contribution in [0.4, 0.5) is 0 Å². The fraction of sp³-hybridized carbons (Fsp3) is 0.0291. The molecule has 18 aromatic carbocycles. The Hall–Kier alpha value is -14.8. The van der Waals surface area contributed by atoms with Crippen molar-refractivity contribution >= 4 is 196 Å². The van der Waals surface area contributed by atoms with E-state index < -0.39 is 5.41 Å². The van der Waals surface area contributed by atoms with Gasteiger partial charge in [0.25, 0.3) is 0 Å². The van der Waals surface area contributed by atoms with Crippen LogP contribution in [0.25, 0.3) is 252 Å². The number of benzene rings is 18. The molecule has 0 atom stereocenters. The molecule has 518 valence electrons. The lowest BCUT2D eigenvalue weighted by Crippen LogP contribution is -2.18. The molecule has 1 aliphatic carbocycles. The number of nitrogens with zero attached hydrogens (tertiary/aromatic N) is 6. The Labute approximate surface area is 636 Å². The van der Waals surface area contributed by atoms with Crippen molar-refractivity contribution in [3.05, 3.63) is 327 Å². The van der Waals surface area contributed by atoms with E-state index in [4.69, 9.17) is 33.2 Å². The van der Waals surface area contributed by atoms with Gasteiger partial charge in [-0.15, -0.1) is 0 Å². The van der Waals surface area contributed by atoms with Gasteiger partial charge in [0.2, 0.25) is 17.6 Å². The molecule has 9 nitrogen and oxygen atoms in total. The highest BCUT2D eigenvalue weighted by molar-refractivity contribution is 6.38. The maximum Gasteiger partial charge on any atom is 0.238 e. The normalized spacial score (nSPS) is 13.2. The molecule has 0 saturated heterocycles. The summed E-state index contributed by atoms with van der Waals surface area (Å²) in [6.07, 6.45) is 0. The highest BCUT2D eigenvalue weighted by Gasteiger charge is 2.41. The first-order valence-corrected chi connectivity index (χ1v) is 38.3. The molecule has 0 radical (unpaired) electrons. The minimum atomic E-state index is -0.557. The summed E-state index contributed by atoms with van der Waals surface area (Å²) in [4.78, 5) is 23.2. The summed E-state index contributed by atoms with van der Waals surface area (Å²) >= 11 is 0. The predicted molar refractivity (Wildman–Crippen MR) is 462 cm³/mol. The summed E-state index contributed by atoms with van der Waals surface area (Å²) in [5.74, 6) is 1.13. The zero-order valence-electron chi connectivity index (χ0n) is 60.4. The lowest BCUT2D eigenvalue weighted by molar-refractivity contribution is 0.632. The number of aromatic nitrogens is 6. The minimum Gasteiger partial charge on any atom is -0.456 e. The standard InChI is InChI=1S/C103H58N6O3/c1-103(2)81-42-36-60(48-78(81)95-97(61-37-45-89-76(51-61)68-28-13-16-32-86(68)110-89)104-101(106-99(95)103)108-82-43-40-71-65-25-8-7-23-63(65)64-24-11-12-30-70(64)91(71)93(82)79-49-55-19-3-5-21-57(55)53-84(79)108)59-35-39-73-75(47-59)67-27-10-9-26-66(67)72-41-44-83-94(92(72)73)80-50-56-20-4-6-22-58(56)54-85(80)109(83)102-105-98(96-74-31-15-18-34-88(74)112-100(96)107-102)62-38-46-90-77(52-62)69-29-14-17-33-87(69)111-90/h3-54H,1-2H3. The first kappa shape index (κ1) is 60.2. The van der Waals surface area contributed by atoms with Gasteiger partial charge in [-0.25, -0.2) is 15.0 Å². The molecule has 9 heteroatoms. The van der Waals surface area contributed by atoms with Crippen molar-refractivity contribution in [3.63, 3.8) is 0 Å². The Morgan fingerprint density at radius 3 is 1.21 bits per heavy atom. The Balaban J connectivity index is 0.701. The first-order valence-electron chi connectivity index (χ1n) is 38.3. The molecular formula is C103H58N6O3. The van der Waals surface area contributed by atoms with Gasteiger partial charge in [-0.05, 0) is 201 Å². The van der Waals surface area contributed by atoms with Crippen LogP contribution in [-0.2, 0) is 5.41 Å². The van der Waals surface area contributed by atoms with Gasteiger partial charge in [0.15, 0.2) is 0 Å². The van der Waals surface area contributed by atoms with E-state index in [-0.39, 0.29) is 0 Å². The molecule has 0 aliphatic heterocycles. The monoisotopic (exact) mass is 1430 g/mol. The SMILES string of the molecule is CC1(C)c2ccc(-c3ccc4c(c3)c3ccccc3c3ccc5c(c6cc7ccccc7cc6n5-c5nc(-c6ccc7oc8ccccc8c7c6)c6c(n5)oc5ccccc56)c34)cc2-c2c(-c3ccc4oc5ccccc5c4c3)nc(-n3c4cc5ccccc5cc4c4c5c6ccccc6c6ccccc6c5ccc43)nc21. The Bertz CT molecular complexity index is 8610. The molecule has 0 bridgehead atoms. The number of para-hydroxylation sites is 3. The van der Waals surface area contributed by atoms with Gasteiger partial charge in [-0.3, -0.25) is 9.13 Å². The van der Waals surface area contributed by atoms with Gasteiger partial charge in [-0.1, -0.05) is 226 Å². The second-order valence-corrected chi connectivity index (χ2v) is 31.0. The van der Waals surface area contributed by atoms with Crippen LogP contribution in [0.15, 0.2) is 329 Å². The van der Waals surface area contributed by atoms with Crippen LogP contribution in [0.1, 0.15) is 25.1 Å². The van der Waals surface area contributed by atoms with Gasteiger partial charge in [0.1, 0.15) is 27.9 Å². The molecule has 0 N–H and O–H groups in total. The van der Waals surface area contributed by atoms with E-state index in [2.05, 4.69) is 308 Å². The van der Waals surface area contributed by atoms with Crippen molar-refractivity contribution in [2.75, 3.05) is 0 Å². The van der Waals surface area contributed by atoms with Crippen LogP contribution in [0, 0.1) is 0 Å². The van der Waals surface area contributed by atoms with Crippen molar-refractivity contribution in [2.45, 2.75) is 19.3 Å². The van der Waals surface area contributed by atoms with E-state index in [0.29, 0.717) is 17.6 Å². The zero-order valence-corrected chi connectivity index (χ0v) is 60.4.